The number of oxazole rings is 1. The molecule has 214 valence electrons. The van der Waals surface area contributed by atoms with E-state index in [4.69, 9.17) is 13.8 Å². The minimum Gasteiger partial charge on any atom is -0.456 e. The molecule has 0 N–H and O–H groups in total. The van der Waals surface area contributed by atoms with E-state index in [0.29, 0.717) is 5.89 Å². The van der Waals surface area contributed by atoms with Crippen molar-refractivity contribution in [1.82, 2.24) is 4.98 Å². The number of allylic oxidation sites excluding steroid dienone is 4. The van der Waals surface area contributed by atoms with Gasteiger partial charge in [-0.3, -0.25) is 0 Å². The standard InChI is InChI=1S/C41H28N2O2/c1-3-11-27(4-2)41-42-37-23-18-30-25-32(19-21-34(30)40(37)45-41)43(31-15-10-14-29(24-31)28-12-6-5-7-13-28)33-20-22-36-35-16-8-9-17-38(35)44-39(36)26-33/h3-26H,1-2H2/b27-11+. The van der Waals surface area contributed by atoms with Crippen LogP contribution in [-0.2, 0) is 0 Å². The molecule has 0 atom stereocenters. The Bertz CT molecular complexity index is 2430. The van der Waals surface area contributed by atoms with Crippen molar-refractivity contribution in [2.24, 2.45) is 0 Å². The molecule has 0 unspecified atom stereocenters. The molecule has 0 spiro atoms. The van der Waals surface area contributed by atoms with E-state index in [0.717, 1.165) is 72.0 Å². The highest BCUT2D eigenvalue weighted by atomic mass is 16.3. The maximum Gasteiger partial charge on any atom is 0.227 e. The van der Waals surface area contributed by atoms with Gasteiger partial charge in [0.2, 0.25) is 5.89 Å². The zero-order valence-electron chi connectivity index (χ0n) is 24.5. The molecule has 0 saturated heterocycles. The number of hydrogen-bond donors (Lipinski definition) is 0. The second kappa shape index (κ2) is 10.9. The van der Waals surface area contributed by atoms with Crippen molar-refractivity contribution in [2.75, 3.05) is 4.90 Å². The lowest BCUT2D eigenvalue weighted by Gasteiger charge is -2.26. The molecule has 0 aliphatic rings. The highest BCUT2D eigenvalue weighted by molar-refractivity contribution is 6.07. The third-order valence-corrected chi connectivity index (χ3v) is 8.21. The summed E-state index contributed by atoms with van der Waals surface area (Å²) in [5, 5.41) is 4.24. The van der Waals surface area contributed by atoms with Crippen LogP contribution in [0, 0.1) is 0 Å². The number of fused-ring (bicyclic) bond motifs is 6. The quantitative estimate of drug-likeness (QED) is 0.176. The van der Waals surface area contributed by atoms with Gasteiger partial charge in [-0.25, -0.2) is 4.98 Å². The molecule has 4 nitrogen and oxygen atoms in total. The van der Waals surface area contributed by atoms with Crippen molar-refractivity contribution >= 4 is 66.4 Å². The fraction of sp³-hybridized carbons (Fsp3) is 0. The second-order valence-electron chi connectivity index (χ2n) is 10.9. The summed E-state index contributed by atoms with van der Waals surface area (Å²) in [5.41, 5.74) is 9.42. The molecule has 45 heavy (non-hydrogen) atoms. The molecule has 2 heterocycles. The van der Waals surface area contributed by atoms with Crippen LogP contribution in [0.2, 0.25) is 0 Å². The van der Waals surface area contributed by atoms with Crippen LogP contribution in [0.4, 0.5) is 17.1 Å². The number of nitrogens with zero attached hydrogens (tertiary/aromatic N) is 2. The first-order chi connectivity index (χ1) is 22.2. The Labute approximate surface area is 260 Å². The molecule has 4 heteroatoms. The van der Waals surface area contributed by atoms with Gasteiger partial charge in [-0.15, -0.1) is 0 Å². The summed E-state index contributed by atoms with van der Waals surface area (Å²) in [7, 11) is 0. The van der Waals surface area contributed by atoms with Crippen LogP contribution in [0.25, 0.3) is 60.5 Å². The Kier molecular flexibility index (Phi) is 6.39. The first-order valence-electron chi connectivity index (χ1n) is 14.9. The van der Waals surface area contributed by atoms with Crippen LogP contribution < -0.4 is 4.90 Å². The number of furan rings is 1. The molecule has 0 aliphatic heterocycles. The summed E-state index contributed by atoms with van der Waals surface area (Å²) < 4.78 is 12.6. The Hall–Kier alpha value is -6.13. The lowest BCUT2D eigenvalue weighted by atomic mass is 10.0. The van der Waals surface area contributed by atoms with Gasteiger partial charge in [0.1, 0.15) is 16.7 Å². The van der Waals surface area contributed by atoms with Crippen LogP contribution in [0.15, 0.2) is 168 Å². The Balaban J connectivity index is 1.31. The van der Waals surface area contributed by atoms with E-state index in [-0.39, 0.29) is 0 Å². The highest BCUT2D eigenvalue weighted by Gasteiger charge is 2.18. The van der Waals surface area contributed by atoms with Crippen molar-refractivity contribution in [2.45, 2.75) is 0 Å². The molecule has 6 aromatic carbocycles. The monoisotopic (exact) mass is 580 g/mol. The van der Waals surface area contributed by atoms with E-state index < -0.39 is 0 Å². The van der Waals surface area contributed by atoms with Gasteiger partial charge in [0, 0.05) is 44.9 Å². The summed E-state index contributed by atoms with van der Waals surface area (Å²) in [5.74, 6) is 0.523. The van der Waals surface area contributed by atoms with Gasteiger partial charge >= 0.3 is 0 Å². The Morgan fingerprint density at radius 3 is 2.18 bits per heavy atom. The fourth-order valence-corrected chi connectivity index (χ4v) is 6.07. The smallest absolute Gasteiger partial charge is 0.227 e. The number of para-hydroxylation sites is 1. The second-order valence-corrected chi connectivity index (χ2v) is 10.9. The fourth-order valence-electron chi connectivity index (χ4n) is 6.07. The molecule has 0 amide bonds. The summed E-state index contributed by atoms with van der Waals surface area (Å²) in [4.78, 5) is 6.99. The van der Waals surface area contributed by atoms with Crippen molar-refractivity contribution < 1.29 is 8.83 Å². The van der Waals surface area contributed by atoms with Crippen LogP contribution in [-0.4, -0.2) is 4.98 Å². The number of anilines is 3. The van der Waals surface area contributed by atoms with Gasteiger partial charge in [-0.05, 0) is 71.1 Å². The van der Waals surface area contributed by atoms with E-state index in [1.54, 1.807) is 12.2 Å². The largest absolute Gasteiger partial charge is 0.456 e. The first kappa shape index (κ1) is 26.5. The first-order valence-corrected chi connectivity index (χ1v) is 14.9. The predicted octanol–water partition coefficient (Wildman–Crippen LogP) is 11.8. The average Bonchev–Trinajstić information content (AvgIpc) is 3.69. The van der Waals surface area contributed by atoms with Gasteiger partial charge in [0.25, 0.3) is 0 Å². The van der Waals surface area contributed by atoms with E-state index in [2.05, 4.69) is 115 Å². The average molecular weight is 581 g/mol. The van der Waals surface area contributed by atoms with Gasteiger partial charge < -0.3 is 13.7 Å². The van der Waals surface area contributed by atoms with Crippen LogP contribution in [0.1, 0.15) is 5.89 Å². The predicted molar refractivity (Wildman–Crippen MR) is 187 cm³/mol. The molecule has 8 aromatic rings. The van der Waals surface area contributed by atoms with E-state index in [1.807, 2.05) is 36.4 Å². The van der Waals surface area contributed by atoms with Gasteiger partial charge in [-0.1, -0.05) is 98.1 Å². The van der Waals surface area contributed by atoms with E-state index >= 15 is 0 Å². The van der Waals surface area contributed by atoms with Crippen LogP contribution >= 0.6 is 0 Å². The van der Waals surface area contributed by atoms with Crippen molar-refractivity contribution in [3.63, 3.8) is 0 Å². The van der Waals surface area contributed by atoms with Gasteiger partial charge in [0.05, 0.1) is 0 Å². The summed E-state index contributed by atoms with van der Waals surface area (Å²) in [6.45, 7) is 7.71. The molecule has 8 rings (SSSR count). The molecular weight excluding hydrogens is 552 g/mol. The maximum atomic E-state index is 6.31. The number of hydrogen-bond acceptors (Lipinski definition) is 4. The zero-order chi connectivity index (χ0) is 30.3. The summed E-state index contributed by atoms with van der Waals surface area (Å²) in [6.07, 6.45) is 5.28. The third kappa shape index (κ3) is 4.60. The molecule has 0 aliphatic carbocycles. The topological polar surface area (TPSA) is 42.4 Å². The zero-order valence-corrected chi connectivity index (χ0v) is 24.5. The minimum atomic E-state index is 0.523. The molecule has 0 saturated carbocycles. The van der Waals surface area contributed by atoms with Gasteiger partial charge in [-0.2, -0.15) is 0 Å². The normalized spacial score (nSPS) is 11.9. The van der Waals surface area contributed by atoms with Crippen LogP contribution in [0.5, 0.6) is 0 Å². The van der Waals surface area contributed by atoms with Crippen molar-refractivity contribution in [3.05, 3.63) is 165 Å². The number of aromatic nitrogens is 1. The number of benzene rings is 6. The summed E-state index contributed by atoms with van der Waals surface area (Å²) in [6, 6.07) is 44.3. The lowest BCUT2D eigenvalue weighted by Crippen LogP contribution is -2.10. The number of rotatable bonds is 7. The summed E-state index contributed by atoms with van der Waals surface area (Å²) >= 11 is 0. The maximum absolute atomic E-state index is 6.31. The molecule has 0 radical (unpaired) electrons. The SMILES string of the molecule is C=C/C=C(\C=C)c1nc2ccc3cc(N(c4cccc(-c5ccccc5)c4)c4ccc5c(c4)oc4ccccc45)ccc3c2o1. The highest BCUT2D eigenvalue weighted by Crippen LogP contribution is 2.41. The third-order valence-electron chi connectivity index (χ3n) is 8.21. The Morgan fingerprint density at radius 2 is 1.33 bits per heavy atom. The minimum absolute atomic E-state index is 0.523. The lowest BCUT2D eigenvalue weighted by molar-refractivity contribution is 0.588. The molecular formula is C41H28N2O2. The van der Waals surface area contributed by atoms with Crippen molar-refractivity contribution in [1.29, 1.82) is 0 Å². The van der Waals surface area contributed by atoms with Gasteiger partial charge in [0.15, 0.2) is 5.58 Å². The molecule has 2 aromatic heterocycles. The van der Waals surface area contributed by atoms with E-state index in [1.165, 1.54) is 5.56 Å². The van der Waals surface area contributed by atoms with E-state index in [9.17, 15) is 0 Å². The van der Waals surface area contributed by atoms with Crippen molar-refractivity contribution in [3.8, 4) is 11.1 Å². The Morgan fingerprint density at radius 1 is 0.600 bits per heavy atom. The van der Waals surface area contributed by atoms with Crippen LogP contribution in [0.3, 0.4) is 0 Å². The molecule has 0 fully saturated rings. The molecule has 0 bridgehead atoms.